The summed E-state index contributed by atoms with van der Waals surface area (Å²) in [7, 11) is 7.23. The minimum Gasteiger partial charge on any atom is -0.424 e. The van der Waals surface area contributed by atoms with Gasteiger partial charge in [0, 0.05) is 246 Å². The van der Waals surface area contributed by atoms with Crippen molar-refractivity contribution in [3.63, 3.8) is 0 Å². The lowest BCUT2D eigenvalue weighted by atomic mass is 9.60. The van der Waals surface area contributed by atoms with E-state index in [1.807, 2.05) is 69.7 Å². The molecule has 5 saturated carbocycles. The summed E-state index contributed by atoms with van der Waals surface area (Å²) in [4.78, 5) is 73.7. The van der Waals surface area contributed by atoms with E-state index >= 15 is 0 Å². The van der Waals surface area contributed by atoms with Crippen LogP contribution in [0, 0.1) is 58.3 Å². The molecular formula is C106H102F4N28O4. The Morgan fingerprint density at radius 1 is 0.373 bits per heavy atom. The molecule has 13 aliphatic rings. The van der Waals surface area contributed by atoms with E-state index in [4.69, 9.17) is 81.8 Å². The lowest BCUT2D eigenvalue weighted by Gasteiger charge is -2.46. The Hall–Kier alpha value is -15.1. The summed E-state index contributed by atoms with van der Waals surface area (Å²) >= 11 is 0. The lowest BCUT2D eigenvalue weighted by molar-refractivity contribution is 0.0771. The van der Waals surface area contributed by atoms with Gasteiger partial charge in [-0.2, -0.15) is 39.9 Å². The first-order valence-electron chi connectivity index (χ1n) is 48.8. The first-order valence-corrected chi connectivity index (χ1v) is 48.8. The van der Waals surface area contributed by atoms with Crippen LogP contribution in [-0.4, -0.2) is 184 Å². The molecule has 9 aliphatic carbocycles. The third kappa shape index (κ3) is 15.2. The van der Waals surface area contributed by atoms with Crippen LogP contribution in [0.5, 0.6) is 47.0 Å². The number of fused-ring (bicyclic) bond motifs is 19. The summed E-state index contributed by atoms with van der Waals surface area (Å²) in [6, 6.07) is 34.8. The molecule has 16 aromatic rings. The van der Waals surface area contributed by atoms with Gasteiger partial charge in [-0.15, -0.1) is 0 Å². The number of nitrogens with one attached hydrogen (secondary N) is 4. The molecule has 4 aliphatic heterocycles. The van der Waals surface area contributed by atoms with E-state index in [1.165, 1.54) is 56.5 Å². The Morgan fingerprint density at radius 2 is 0.739 bits per heavy atom. The fourth-order valence-corrected chi connectivity index (χ4v) is 23.8. The van der Waals surface area contributed by atoms with Crippen LogP contribution in [0.1, 0.15) is 109 Å². The van der Waals surface area contributed by atoms with E-state index in [0.717, 1.165) is 238 Å². The van der Waals surface area contributed by atoms with Gasteiger partial charge < -0.3 is 91.9 Å². The molecule has 0 radical (unpaired) electrons. The number of pyridine rings is 2. The number of ether oxygens (including phenoxy) is 4. The van der Waals surface area contributed by atoms with Crippen LogP contribution in [0.25, 0.3) is 88.4 Å². The van der Waals surface area contributed by atoms with Crippen molar-refractivity contribution >= 4 is 89.9 Å². The topological polar surface area (TPSA) is 392 Å². The Kier molecular flexibility index (Phi) is 20.8. The molecule has 0 bridgehead atoms. The minimum atomic E-state index is -0.292. The van der Waals surface area contributed by atoms with E-state index in [-0.39, 0.29) is 70.9 Å². The van der Waals surface area contributed by atoms with Crippen LogP contribution in [0.2, 0.25) is 0 Å². The number of hydrogen-bond donors (Lipinski definition) is 8. The van der Waals surface area contributed by atoms with Crippen molar-refractivity contribution < 1.29 is 36.5 Å². The summed E-state index contributed by atoms with van der Waals surface area (Å²) in [6.45, 7) is 8.81. The fraction of sp³-hybridized carbons (Fsp3) is 0.340. The molecule has 29 rings (SSSR count). The van der Waals surface area contributed by atoms with Gasteiger partial charge >= 0.3 is 24.0 Å². The van der Waals surface area contributed by atoms with Gasteiger partial charge in [-0.3, -0.25) is 0 Å². The summed E-state index contributed by atoms with van der Waals surface area (Å²) in [5, 5.41) is 16.4. The van der Waals surface area contributed by atoms with Gasteiger partial charge in [0.25, 0.3) is 0 Å². The molecule has 12 N–H and O–H groups in total. The number of nitrogens with zero attached hydrogens (tertiary/aromatic N) is 20. The summed E-state index contributed by atoms with van der Waals surface area (Å²) < 4.78 is 87.3. The first-order chi connectivity index (χ1) is 69.1. The van der Waals surface area contributed by atoms with Gasteiger partial charge in [-0.1, -0.05) is 6.92 Å². The summed E-state index contributed by atoms with van der Waals surface area (Å²) in [5.74, 6) is 6.87. The fourth-order valence-electron chi connectivity index (χ4n) is 23.8. The van der Waals surface area contributed by atoms with Crippen molar-refractivity contribution in [3.05, 3.63) is 227 Å². The quantitative estimate of drug-likeness (QED) is 0.0370. The third-order valence-electron chi connectivity index (χ3n) is 31.3. The van der Waals surface area contributed by atoms with Gasteiger partial charge in [0.1, 0.15) is 93.5 Å². The number of benzene rings is 6. The maximum Gasteiger partial charge on any atom is 0.324 e. The van der Waals surface area contributed by atoms with Crippen molar-refractivity contribution in [1.29, 1.82) is 0 Å². The van der Waals surface area contributed by atoms with Gasteiger partial charge in [-0.05, 0) is 222 Å². The van der Waals surface area contributed by atoms with Crippen molar-refractivity contribution in [1.82, 2.24) is 78.9 Å². The molecule has 36 heteroatoms. The second-order valence-corrected chi connectivity index (χ2v) is 40.3. The monoisotopic (exact) mass is 1910 g/mol. The van der Waals surface area contributed by atoms with Crippen LogP contribution >= 0.6 is 0 Å². The van der Waals surface area contributed by atoms with Crippen molar-refractivity contribution in [3.8, 4) is 91.5 Å². The van der Waals surface area contributed by atoms with E-state index < -0.39 is 0 Å². The normalized spacial score (nSPS) is 21.6. The van der Waals surface area contributed by atoms with Crippen LogP contribution in [0.4, 0.5) is 63.6 Å². The highest BCUT2D eigenvalue weighted by molar-refractivity contribution is 5.93. The van der Waals surface area contributed by atoms with Crippen LogP contribution in [0.15, 0.2) is 159 Å². The van der Waals surface area contributed by atoms with E-state index in [0.29, 0.717) is 109 Å². The Morgan fingerprint density at radius 3 is 1.08 bits per heavy atom. The summed E-state index contributed by atoms with van der Waals surface area (Å²) in [5.41, 5.74) is 46.1. The molecule has 9 fully saturated rings. The molecule has 10 aromatic heterocycles. The second-order valence-electron chi connectivity index (χ2n) is 40.3. The number of aromatic nitrogens is 16. The third-order valence-corrected chi connectivity index (χ3v) is 31.3. The van der Waals surface area contributed by atoms with Crippen molar-refractivity contribution in [2.75, 3.05) is 121 Å². The van der Waals surface area contributed by atoms with Gasteiger partial charge in [0.2, 0.25) is 0 Å². The van der Waals surface area contributed by atoms with Crippen molar-refractivity contribution in [2.45, 2.75) is 114 Å². The maximum atomic E-state index is 14.6. The molecule has 0 amide bonds. The number of hydrogen-bond acceptors (Lipinski definition) is 30. The van der Waals surface area contributed by atoms with E-state index in [2.05, 4.69) is 111 Å². The summed E-state index contributed by atoms with van der Waals surface area (Å²) in [6.07, 6.45) is 24.4. The highest BCUT2D eigenvalue weighted by atomic mass is 19.1. The zero-order valence-corrected chi connectivity index (χ0v) is 78.7. The van der Waals surface area contributed by atoms with Crippen LogP contribution < -0.4 is 82.7 Å². The number of anilines is 8. The molecule has 9 atom stereocenters. The zero-order chi connectivity index (χ0) is 96.1. The van der Waals surface area contributed by atoms with Crippen LogP contribution in [0.3, 0.4) is 0 Å². The minimum absolute atomic E-state index is 0.0957. The molecule has 0 spiro atoms. The Bertz CT molecular complexity index is 7890. The molecular weight excluding hydrogens is 1810 g/mol. The lowest BCUT2D eigenvalue weighted by Crippen LogP contribution is -2.56. The highest BCUT2D eigenvalue weighted by Crippen LogP contribution is 2.57. The number of nitrogens with two attached hydrogens (primary N) is 4. The Labute approximate surface area is 812 Å². The average molecular weight is 1910 g/mol. The molecule has 718 valence electrons. The van der Waals surface area contributed by atoms with Gasteiger partial charge in [0.05, 0.1) is 46.2 Å². The molecule has 14 heterocycles. The number of rotatable bonds is 18. The molecule has 6 unspecified atom stereocenters. The van der Waals surface area contributed by atoms with Crippen LogP contribution in [-0.2, 0) is 25.7 Å². The largest absolute Gasteiger partial charge is 0.424 e. The zero-order valence-electron chi connectivity index (χ0n) is 78.7. The Balaban J connectivity index is 0.0000000970. The average Bonchev–Trinajstić information content (AvgIpc) is 1.56. The first kappa shape index (κ1) is 87.1. The smallest absolute Gasteiger partial charge is 0.324 e. The van der Waals surface area contributed by atoms with Gasteiger partial charge in [0.15, 0.2) is 0 Å². The van der Waals surface area contributed by atoms with E-state index in [9.17, 15) is 17.6 Å². The SMILES string of the molecule is CNc1cc(F)cc2c1Cc1nc(Oc3ccc4cncnc4c3)nc(N3CC4CC(N)C4C3)c1-2.CNc1cc(F)cc2c1Cc1nc(Oc3ccc4cncnc4c3)nc(N3CC4[C@H](N)C[C@]4(C)C3)c1-2.CNc1cc(F)cc2c1Cc1nc(Oc3cnc4c(ccn4C4CC4)c3)nc(N3CC(N)C3)c1-2.CNc1cc(F)cc2c1Cc1nc(Oc3cnc4c(ccn4C4CC4)c3)nc(N3CC4C[C@@H](N)C4C3)c1-2. The molecule has 142 heavy (non-hydrogen) atoms. The molecule has 6 aromatic carbocycles. The molecule has 32 nitrogen and oxygen atoms in total. The van der Waals surface area contributed by atoms with Crippen molar-refractivity contribution in [2.24, 2.45) is 57.9 Å². The predicted molar refractivity (Wildman–Crippen MR) is 535 cm³/mol. The molecule has 4 saturated heterocycles. The highest BCUT2D eigenvalue weighted by Gasteiger charge is 2.56. The van der Waals surface area contributed by atoms with E-state index in [1.54, 1.807) is 62.2 Å². The number of halogens is 4. The van der Waals surface area contributed by atoms with Gasteiger partial charge in [-0.25, -0.2) is 47.5 Å². The second kappa shape index (κ2) is 33.8. The predicted octanol–water partition coefficient (Wildman–Crippen LogP) is 16.2. The maximum absolute atomic E-state index is 14.6. The standard InChI is InChI=1S/C28H28FN7O.C27H26FN7O.C26H24FN7O.C25H24FN7O/c1-31-23-9-16(29)8-20-19(23)10-24-25(20)27(35-12-15-7-22(30)21(15)13-35)34-28(33-24)37-18-6-14-4-5-36(17-2-3-17)26(14)32-11-18;1-27-9-20(29)19(27)11-35(12-27)25-24-18-5-15(28)6-22(30-2)17(18)8-23(24)33-26(34-25)36-16-4-3-14-10-31-13-32-21(14)7-16;1-29-22-6-15(27)5-18-17(22)8-23-24(18)25(34-10-14-4-20(28)19(14)11-34)33-26(32-23)35-16-3-2-13-9-30-12-31-21(13)7-16;1-28-20-8-14(26)7-19-18(20)9-21-22(19)24(32-11-15(27)12-32)31-25(30-21)34-17-6-13-4-5-33(16-2-3-16)23(13)29-10-17/h4-6,8-9,11,15,17,21-22,31H,2-3,7,10,12-13,30H2,1H3;3-7,10,13,19-20,30H,8-9,11-12,29H2,1-2H3;2-3,5-7,9,12,14,19-20,29H,4,8,10-11,28H2,1H3;4-8,10,15-16,28H,2-3,9,11-12,27H2,1H3/t15?,21?,22-;19?,20-,27-;;/m11../s1.